The molecule has 0 spiro atoms. The van der Waals surface area contributed by atoms with Gasteiger partial charge in [-0.05, 0) is 50.3 Å². The third kappa shape index (κ3) is 6.66. The summed E-state index contributed by atoms with van der Waals surface area (Å²) < 4.78 is 4.78. The highest BCUT2D eigenvalue weighted by molar-refractivity contribution is 8.14. The largest absolute Gasteiger partial charge is 0.468 e. The summed E-state index contributed by atoms with van der Waals surface area (Å²) in [7, 11) is 1.30. The van der Waals surface area contributed by atoms with E-state index in [1.165, 1.54) is 12.0 Å². The third-order valence-electron chi connectivity index (χ3n) is 5.06. The fourth-order valence-corrected chi connectivity index (χ4v) is 4.05. The summed E-state index contributed by atoms with van der Waals surface area (Å²) in [6.45, 7) is 9.76. The third-order valence-corrected chi connectivity index (χ3v) is 6.07. The monoisotopic (exact) mass is 407 g/mol. The number of hydrogen-bond acceptors (Lipinski definition) is 5. The van der Waals surface area contributed by atoms with Crippen molar-refractivity contribution in [2.75, 3.05) is 24.3 Å². The highest BCUT2D eigenvalue weighted by Gasteiger charge is 2.25. The molecular weight excluding hydrogens is 374 g/mol. The van der Waals surface area contributed by atoms with Crippen LogP contribution in [0.4, 0.5) is 5.69 Å². The van der Waals surface area contributed by atoms with Crippen molar-refractivity contribution >= 4 is 34.4 Å². The van der Waals surface area contributed by atoms with Gasteiger partial charge in [0.15, 0.2) is 5.12 Å². The van der Waals surface area contributed by atoms with Gasteiger partial charge in [-0.2, -0.15) is 0 Å². The number of ether oxygens (including phenoxy) is 1. The zero-order chi connectivity index (χ0) is 21.3. The SMILES string of the molecule is CCCCC(CC)C(=O)SCC(=O)N(CC(=O)OC)c1c(C)ccc(C)c1C. The summed E-state index contributed by atoms with van der Waals surface area (Å²) in [5.74, 6) is -0.745. The molecule has 0 aliphatic rings. The van der Waals surface area contributed by atoms with Crippen molar-refractivity contribution in [2.24, 2.45) is 5.92 Å². The van der Waals surface area contributed by atoms with E-state index >= 15 is 0 Å². The van der Waals surface area contributed by atoms with Crippen LogP contribution in [-0.4, -0.2) is 36.4 Å². The van der Waals surface area contributed by atoms with Crippen molar-refractivity contribution in [3.63, 3.8) is 0 Å². The normalized spacial score (nSPS) is 11.8. The lowest BCUT2D eigenvalue weighted by Gasteiger charge is -2.26. The van der Waals surface area contributed by atoms with E-state index in [4.69, 9.17) is 4.74 Å². The van der Waals surface area contributed by atoms with E-state index in [9.17, 15) is 14.4 Å². The molecule has 0 N–H and O–H groups in total. The summed E-state index contributed by atoms with van der Waals surface area (Å²) in [5, 5.41) is 0.0556. The molecule has 0 fully saturated rings. The lowest BCUT2D eigenvalue weighted by atomic mass is 10.0. The molecule has 1 unspecified atom stereocenters. The molecule has 6 heteroatoms. The molecule has 0 heterocycles. The number of carbonyl (C=O) groups is 3. The van der Waals surface area contributed by atoms with Crippen LogP contribution in [0.15, 0.2) is 12.1 Å². The van der Waals surface area contributed by atoms with E-state index in [1.54, 1.807) is 0 Å². The molecule has 1 rings (SSSR count). The van der Waals surface area contributed by atoms with Crippen molar-refractivity contribution in [1.29, 1.82) is 0 Å². The minimum atomic E-state index is -0.487. The number of esters is 1. The van der Waals surface area contributed by atoms with Gasteiger partial charge in [0.25, 0.3) is 0 Å². The Balaban J connectivity index is 3.00. The Morgan fingerprint density at radius 1 is 1.11 bits per heavy atom. The molecule has 0 saturated carbocycles. The molecule has 5 nitrogen and oxygen atoms in total. The molecule has 0 aliphatic heterocycles. The number of amides is 1. The van der Waals surface area contributed by atoms with E-state index < -0.39 is 5.97 Å². The van der Waals surface area contributed by atoms with Crippen molar-refractivity contribution in [3.8, 4) is 0 Å². The Kier molecular flexibility index (Phi) is 10.3. The molecular formula is C22H33NO4S. The van der Waals surface area contributed by atoms with Crippen LogP contribution in [0.25, 0.3) is 0 Å². The number of nitrogens with zero attached hydrogens (tertiary/aromatic N) is 1. The maximum atomic E-state index is 13.0. The standard InChI is InChI=1S/C22H33NO4S/c1-7-9-10-18(8-2)22(26)28-14-19(24)23(13-20(25)27-6)21-16(4)12-11-15(3)17(21)5/h11-12,18H,7-10,13-14H2,1-6H3. The first-order valence-electron chi connectivity index (χ1n) is 9.87. The minimum absolute atomic E-state index is 0.0191. The molecule has 0 saturated heterocycles. The number of hydrogen-bond donors (Lipinski definition) is 0. The fourth-order valence-electron chi connectivity index (χ4n) is 3.11. The molecule has 0 aromatic heterocycles. The summed E-state index contributed by atoms with van der Waals surface area (Å²) in [6.07, 6.45) is 3.69. The first-order chi connectivity index (χ1) is 13.3. The number of rotatable bonds is 10. The van der Waals surface area contributed by atoms with Gasteiger partial charge in [0.2, 0.25) is 5.91 Å². The van der Waals surface area contributed by atoms with E-state index in [2.05, 4.69) is 6.92 Å². The zero-order valence-corrected chi connectivity index (χ0v) is 18.8. The van der Waals surface area contributed by atoms with Gasteiger partial charge in [-0.15, -0.1) is 0 Å². The average molecular weight is 408 g/mol. The van der Waals surface area contributed by atoms with Crippen LogP contribution in [0.1, 0.15) is 56.2 Å². The second-order valence-corrected chi connectivity index (χ2v) is 8.06. The number of methoxy groups -OCH3 is 1. The molecule has 1 amide bonds. The van der Waals surface area contributed by atoms with Crippen molar-refractivity contribution in [1.82, 2.24) is 0 Å². The molecule has 0 radical (unpaired) electrons. The predicted octanol–water partition coefficient (Wildman–Crippen LogP) is 4.59. The number of benzene rings is 1. The van der Waals surface area contributed by atoms with Gasteiger partial charge in [0.05, 0.1) is 18.6 Å². The van der Waals surface area contributed by atoms with Crippen molar-refractivity contribution in [2.45, 2.75) is 60.3 Å². The maximum absolute atomic E-state index is 13.0. The molecule has 0 bridgehead atoms. The van der Waals surface area contributed by atoms with Crippen LogP contribution in [0.5, 0.6) is 0 Å². The maximum Gasteiger partial charge on any atom is 0.325 e. The lowest BCUT2D eigenvalue weighted by molar-refractivity contribution is -0.139. The zero-order valence-electron chi connectivity index (χ0n) is 18.0. The Hall–Kier alpha value is -1.82. The second kappa shape index (κ2) is 11.9. The minimum Gasteiger partial charge on any atom is -0.468 e. The molecule has 1 atom stereocenters. The van der Waals surface area contributed by atoms with Gasteiger partial charge in [-0.3, -0.25) is 19.3 Å². The highest BCUT2D eigenvalue weighted by Crippen LogP contribution is 2.29. The van der Waals surface area contributed by atoms with Gasteiger partial charge in [-0.25, -0.2) is 0 Å². The van der Waals surface area contributed by atoms with Crippen LogP contribution in [-0.2, 0) is 19.1 Å². The van der Waals surface area contributed by atoms with Gasteiger partial charge >= 0.3 is 5.97 Å². The fraction of sp³-hybridized carbons (Fsp3) is 0.591. The summed E-state index contributed by atoms with van der Waals surface area (Å²) >= 11 is 1.06. The number of anilines is 1. The van der Waals surface area contributed by atoms with Crippen LogP contribution >= 0.6 is 11.8 Å². The number of unbranched alkanes of at least 4 members (excludes halogenated alkanes) is 1. The quantitative estimate of drug-likeness (QED) is 0.531. The number of thioether (sulfide) groups is 1. The Labute approximate surface area is 173 Å². The van der Waals surface area contributed by atoms with Gasteiger partial charge in [-0.1, -0.05) is 50.6 Å². The van der Waals surface area contributed by atoms with Crippen LogP contribution in [0.2, 0.25) is 0 Å². The van der Waals surface area contributed by atoms with Crippen LogP contribution < -0.4 is 4.90 Å². The van der Waals surface area contributed by atoms with Gasteiger partial charge in [0, 0.05) is 5.92 Å². The smallest absolute Gasteiger partial charge is 0.325 e. The number of carbonyl (C=O) groups excluding carboxylic acids is 3. The van der Waals surface area contributed by atoms with E-state index in [-0.39, 0.29) is 29.2 Å². The average Bonchev–Trinajstić information content (AvgIpc) is 2.68. The molecule has 156 valence electrons. The first-order valence-corrected chi connectivity index (χ1v) is 10.9. The summed E-state index contributed by atoms with van der Waals surface area (Å²) in [6, 6.07) is 3.93. The predicted molar refractivity (Wildman–Crippen MR) is 116 cm³/mol. The molecule has 0 aliphatic carbocycles. The highest BCUT2D eigenvalue weighted by atomic mass is 32.2. The summed E-state index contributed by atoms with van der Waals surface area (Å²) in [4.78, 5) is 38.9. The van der Waals surface area contributed by atoms with Gasteiger partial charge in [0.1, 0.15) is 6.54 Å². The molecule has 1 aromatic rings. The number of aryl methyl sites for hydroxylation is 2. The Bertz CT molecular complexity index is 702. The summed E-state index contributed by atoms with van der Waals surface area (Å²) in [5.41, 5.74) is 3.62. The van der Waals surface area contributed by atoms with E-state index in [0.29, 0.717) is 0 Å². The van der Waals surface area contributed by atoms with Gasteiger partial charge < -0.3 is 4.74 Å². The van der Waals surface area contributed by atoms with Crippen LogP contribution in [0, 0.1) is 26.7 Å². The van der Waals surface area contributed by atoms with Crippen LogP contribution in [0.3, 0.4) is 0 Å². The van der Waals surface area contributed by atoms with E-state index in [0.717, 1.165) is 59.8 Å². The Morgan fingerprint density at radius 3 is 2.32 bits per heavy atom. The van der Waals surface area contributed by atoms with E-state index in [1.807, 2.05) is 39.8 Å². The van der Waals surface area contributed by atoms with Crippen molar-refractivity contribution < 1.29 is 19.1 Å². The topological polar surface area (TPSA) is 63.7 Å². The molecule has 28 heavy (non-hydrogen) atoms. The first kappa shape index (κ1) is 24.2. The molecule has 1 aromatic carbocycles. The lowest BCUT2D eigenvalue weighted by Crippen LogP contribution is -2.39. The second-order valence-electron chi connectivity index (χ2n) is 7.08. The van der Waals surface area contributed by atoms with Crippen molar-refractivity contribution in [3.05, 3.63) is 28.8 Å². The Morgan fingerprint density at radius 2 is 1.75 bits per heavy atom.